The van der Waals surface area contributed by atoms with Gasteiger partial charge in [0.05, 0.1) is 16.8 Å². The van der Waals surface area contributed by atoms with Crippen molar-refractivity contribution >= 4 is 29.0 Å². The van der Waals surface area contributed by atoms with E-state index in [1.54, 1.807) is 47.8 Å². The lowest BCUT2D eigenvalue weighted by atomic mass is 9.76. The standard InChI is InChI=1S/C30H24FNO4S/c1-18-7-5-10-21(17-18)28(33)25-24(19-12-14-22(31)15-13-19)27(30(35)36)32(29(34)23-11-6-16-37-23)26(25)20-8-3-2-4-9-20/h2-17,24-27H,1H3,(H,35,36). The number of halogens is 1. The average Bonchev–Trinajstić information content (AvgIpc) is 3.56. The molecule has 4 aromatic rings. The van der Waals surface area contributed by atoms with Gasteiger partial charge in [-0.15, -0.1) is 11.3 Å². The van der Waals surface area contributed by atoms with Crippen molar-refractivity contribution in [2.45, 2.75) is 24.9 Å². The van der Waals surface area contributed by atoms with Crippen LogP contribution in [-0.2, 0) is 4.79 Å². The fourth-order valence-corrected chi connectivity index (χ4v) is 6.02. The fourth-order valence-electron chi connectivity index (χ4n) is 5.35. The Labute approximate surface area is 217 Å². The molecule has 1 saturated heterocycles. The number of hydrogen-bond acceptors (Lipinski definition) is 4. The summed E-state index contributed by atoms with van der Waals surface area (Å²) in [6.45, 7) is 1.88. The quantitative estimate of drug-likeness (QED) is 0.315. The van der Waals surface area contributed by atoms with Crippen LogP contribution >= 0.6 is 11.3 Å². The minimum Gasteiger partial charge on any atom is -0.480 e. The Hall–Kier alpha value is -4.10. The van der Waals surface area contributed by atoms with Crippen molar-refractivity contribution in [2.75, 3.05) is 0 Å². The van der Waals surface area contributed by atoms with Crippen LogP contribution in [0.2, 0.25) is 0 Å². The van der Waals surface area contributed by atoms with Crippen molar-refractivity contribution in [3.63, 3.8) is 0 Å². The molecule has 1 amide bonds. The largest absolute Gasteiger partial charge is 0.480 e. The van der Waals surface area contributed by atoms with Crippen LogP contribution in [0.4, 0.5) is 4.39 Å². The molecule has 3 aromatic carbocycles. The molecule has 1 fully saturated rings. The molecule has 1 N–H and O–H groups in total. The predicted molar refractivity (Wildman–Crippen MR) is 139 cm³/mol. The van der Waals surface area contributed by atoms with Gasteiger partial charge in [0, 0.05) is 11.5 Å². The van der Waals surface area contributed by atoms with Gasteiger partial charge in [-0.1, -0.05) is 72.3 Å². The molecular weight excluding hydrogens is 489 g/mol. The molecule has 0 saturated carbocycles. The van der Waals surface area contributed by atoms with Crippen molar-refractivity contribution < 1.29 is 23.9 Å². The van der Waals surface area contributed by atoms with Crippen LogP contribution in [0.15, 0.2) is 96.4 Å². The smallest absolute Gasteiger partial charge is 0.327 e. The second-order valence-corrected chi connectivity index (χ2v) is 10.1. The first-order valence-corrected chi connectivity index (χ1v) is 12.7. The average molecular weight is 514 g/mol. The molecule has 1 aliphatic heterocycles. The van der Waals surface area contributed by atoms with Crippen LogP contribution < -0.4 is 0 Å². The summed E-state index contributed by atoms with van der Waals surface area (Å²) in [5.41, 5.74) is 2.48. The van der Waals surface area contributed by atoms with E-state index in [0.29, 0.717) is 21.6 Å². The summed E-state index contributed by atoms with van der Waals surface area (Å²) in [5.74, 6) is -4.23. The molecule has 0 radical (unpaired) electrons. The number of likely N-dealkylation sites (tertiary alicyclic amines) is 1. The lowest BCUT2D eigenvalue weighted by Gasteiger charge is -2.30. The topological polar surface area (TPSA) is 74.7 Å². The van der Waals surface area contributed by atoms with Gasteiger partial charge >= 0.3 is 5.97 Å². The zero-order chi connectivity index (χ0) is 26.1. The molecule has 2 heterocycles. The molecule has 7 heteroatoms. The highest BCUT2D eigenvalue weighted by Gasteiger charge is 2.57. The Morgan fingerprint density at radius 2 is 1.59 bits per heavy atom. The maximum Gasteiger partial charge on any atom is 0.327 e. The zero-order valence-corrected chi connectivity index (χ0v) is 20.8. The van der Waals surface area contributed by atoms with Crippen LogP contribution in [-0.4, -0.2) is 33.7 Å². The van der Waals surface area contributed by atoms with Crippen molar-refractivity contribution in [2.24, 2.45) is 5.92 Å². The number of benzene rings is 3. The van der Waals surface area contributed by atoms with E-state index < -0.39 is 41.6 Å². The third-order valence-electron chi connectivity index (χ3n) is 6.89. The molecule has 4 atom stereocenters. The molecular formula is C30H24FNO4S. The lowest BCUT2D eigenvalue weighted by Crippen LogP contribution is -2.43. The number of carboxylic acids is 1. The van der Waals surface area contributed by atoms with Crippen LogP contribution in [0.25, 0.3) is 0 Å². The number of ketones is 1. The highest BCUT2D eigenvalue weighted by molar-refractivity contribution is 7.12. The number of rotatable bonds is 6. The van der Waals surface area contributed by atoms with Gasteiger partial charge in [0.25, 0.3) is 5.91 Å². The second kappa shape index (κ2) is 10.1. The fraction of sp³-hybridized carbons (Fsp3) is 0.167. The third-order valence-corrected chi connectivity index (χ3v) is 7.75. The lowest BCUT2D eigenvalue weighted by molar-refractivity contribution is -0.142. The molecule has 186 valence electrons. The highest BCUT2D eigenvalue weighted by Crippen LogP contribution is 2.52. The number of carboxylic acid groups (broad SMARTS) is 1. The number of thiophene rings is 1. The normalized spacial score (nSPS) is 21.1. The van der Waals surface area contributed by atoms with Gasteiger partial charge in [-0.25, -0.2) is 9.18 Å². The predicted octanol–water partition coefficient (Wildman–Crippen LogP) is 6.13. The second-order valence-electron chi connectivity index (χ2n) is 9.17. The van der Waals surface area contributed by atoms with Gasteiger partial charge in [0.2, 0.25) is 0 Å². The number of carbonyl (C=O) groups excluding carboxylic acids is 2. The molecule has 4 unspecified atom stereocenters. The third kappa shape index (κ3) is 4.58. The summed E-state index contributed by atoms with van der Waals surface area (Å²) in [6, 6.07) is 22.9. The SMILES string of the molecule is Cc1cccc(C(=O)C2C(c3ccc(F)cc3)C(C(=O)O)N(C(=O)c3cccs3)C2c2ccccc2)c1. The first-order valence-electron chi connectivity index (χ1n) is 11.9. The number of nitrogens with zero attached hydrogens (tertiary/aromatic N) is 1. The summed E-state index contributed by atoms with van der Waals surface area (Å²) in [4.78, 5) is 42.8. The molecule has 0 spiro atoms. The number of carbonyl (C=O) groups is 3. The summed E-state index contributed by atoms with van der Waals surface area (Å²) in [7, 11) is 0. The Morgan fingerprint density at radius 1 is 0.865 bits per heavy atom. The number of amides is 1. The molecule has 37 heavy (non-hydrogen) atoms. The van der Waals surface area contributed by atoms with E-state index in [0.717, 1.165) is 5.56 Å². The molecule has 0 aliphatic carbocycles. The van der Waals surface area contributed by atoms with Crippen LogP contribution in [0.3, 0.4) is 0 Å². The van der Waals surface area contributed by atoms with Crippen LogP contribution in [0, 0.1) is 18.7 Å². The van der Waals surface area contributed by atoms with Gasteiger partial charge in [-0.3, -0.25) is 9.59 Å². The van der Waals surface area contributed by atoms with E-state index >= 15 is 0 Å². The number of aliphatic carboxylic acids is 1. The van der Waals surface area contributed by atoms with Gasteiger partial charge in [0.15, 0.2) is 5.78 Å². The maximum atomic E-state index is 14.3. The van der Waals surface area contributed by atoms with E-state index in [9.17, 15) is 23.9 Å². The first-order chi connectivity index (χ1) is 17.9. The Morgan fingerprint density at radius 3 is 2.22 bits per heavy atom. The number of hydrogen-bond donors (Lipinski definition) is 1. The first kappa shape index (κ1) is 24.6. The molecule has 0 bridgehead atoms. The van der Waals surface area contributed by atoms with Crippen molar-refractivity contribution in [1.29, 1.82) is 0 Å². The minimum atomic E-state index is -1.34. The molecule has 1 aliphatic rings. The van der Waals surface area contributed by atoms with Crippen LogP contribution in [0.5, 0.6) is 0 Å². The van der Waals surface area contributed by atoms with E-state index in [-0.39, 0.29) is 5.78 Å². The highest BCUT2D eigenvalue weighted by atomic mass is 32.1. The van der Waals surface area contributed by atoms with Gasteiger partial charge in [-0.05, 0) is 47.7 Å². The van der Waals surface area contributed by atoms with E-state index in [2.05, 4.69) is 0 Å². The summed E-state index contributed by atoms with van der Waals surface area (Å²) in [5, 5.41) is 12.3. The van der Waals surface area contributed by atoms with Crippen molar-refractivity contribution in [1.82, 2.24) is 4.90 Å². The molecule has 1 aromatic heterocycles. The van der Waals surface area contributed by atoms with E-state index in [4.69, 9.17) is 0 Å². The molecule has 5 nitrogen and oxygen atoms in total. The zero-order valence-electron chi connectivity index (χ0n) is 20.0. The van der Waals surface area contributed by atoms with Gasteiger partial charge in [0.1, 0.15) is 11.9 Å². The Balaban J connectivity index is 1.77. The van der Waals surface area contributed by atoms with Gasteiger partial charge < -0.3 is 10.0 Å². The van der Waals surface area contributed by atoms with Crippen LogP contribution in [0.1, 0.15) is 48.7 Å². The minimum absolute atomic E-state index is 0.264. The monoisotopic (exact) mass is 513 g/mol. The van der Waals surface area contributed by atoms with Crippen molar-refractivity contribution in [3.05, 3.63) is 129 Å². The summed E-state index contributed by atoms with van der Waals surface area (Å²) in [6.07, 6.45) is 0. The summed E-state index contributed by atoms with van der Waals surface area (Å²) >= 11 is 1.22. The Bertz CT molecular complexity index is 1440. The number of Topliss-reactive ketones (excluding diaryl/α,β-unsaturated/α-hetero) is 1. The maximum absolute atomic E-state index is 14.3. The van der Waals surface area contributed by atoms with E-state index in [1.807, 2.05) is 31.2 Å². The van der Waals surface area contributed by atoms with Crippen molar-refractivity contribution in [3.8, 4) is 0 Å². The van der Waals surface area contributed by atoms with E-state index in [1.165, 1.54) is 40.5 Å². The van der Waals surface area contributed by atoms with Gasteiger partial charge in [-0.2, -0.15) is 0 Å². The Kier molecular flexibility index (Phi) is 6.72. The summed E-state index contributed by atoms with van der Waals surface area (Å²) < 4.78 is 13.9. The number of aryl methyl sites for hydroxylation is 1. The molecule has 5 rings (SSSR count).